The Balaban J connectivity index is 1.66. The Morgan fingerprint density at radius 1 is 0.921 bits per heavy atom. The van der Waals surface area contributed by atoms with Gasteiger partial charge in [-0.1, -0.05) is 29.8 Å². The van der Waals surface area contributed by atoms with E-state index < -0.39 is 17.3 Å². The molecule has 0 bridgehead atoms. The minimum atomic E-state index is -4.42. The summed E-state index contributed by atoms with van der Waals surface area (Å²) in [6.07, 6.45) is 2.13. The zero-order chi connectivity index (χ0) is 27.2. The van der Waals surface area contributed by atoms with Crippen LogP contribution in [0.2, 0.25) is 5.02 Å². The van der Waals surface area contributed by atoms with Crippen LogP contribution in [0.25, 0.3) is 10.9 Å². The molecule has 3 heterocycles. The second-order valence-electron chi connectivity index (χ2n) is 9.01. The van der Waals surface area contributed by atoms with Gasteiger partial charge in [-0.05, 0) is 35.4 Å². The van der Waals surface area contributed by atoms with Crippen molar-refractivity contribution in [3.05, 3.63) is 106 Å². The molecule has 38 heavy (non-hydrogen) atoms. The minimum absolute atomic E-state index is 0.195. The number of pyridine rings is 1. The number of aliphatic hydroxyl groups is 1. The number of aryl methyl sites for hydroxylation is 2. The molecule has 11 heteroatoms. The van der Waals surface area contributed by atoms with E-state index >= 15 is 0 Å². The maximum Gasteiger partial charge on any atom is 0.416 e. The summed E-state index contributed by atoms with van der Waals surface area (Å²) in [6.45, 7) is 0. The van der Waals surface area contributed by atoms with E-state index in [-0.39, 0.29) is 12.3 Å². The van der Waals surface area contributed by atoms with Crippen molar-refractivity contribution in [2.75, 3.05) is 7.11 Å². The van der Waals surface area contributed by atoms with Crippen LogP contribution in [0.1, 0.15) is 33.6 Å². The standard InChI is InChI=1S/C27H23ClF3N5O2/c1-35-14-32-12-22(35)26(37,23-13-33-15-36(23)2)18-8-9-21-19(11-18)24(28)20(25(34-21)38-3)10-16-4-6-17(7-5-16)27(29,30)31/h4-9,11-15,37H,10H2,1-3H3. The summed E-state index contributed by atoms with van der Waals surface area (Å²) in [5.41, 5.74) is 0.841. The first-order valence-electron chi connectivity index (χ1n) is 11.5. The molecule has 0 saturated heterocycles. The second-order valence-corrected chi connectivity index (χ2v) is 9.38. The third kappa shape index (κ3) is 4.29. The molecule has 0 aliphatic heterocycles. The maximum absolute atomic E-state index is 13.0. The van der Waals surface area contributed by atoms with Crippen LogP contribution in [-0.4, -0.2) is 36.3 Å². The Morgan fingerprint density at radius 2 is 1.50 bits per heavy atom. The molecule has 0 amide bonds. The van der Waals surface area contributed by atoms with Crippen LogP contribution in [0.3, 0.4) is 0 Å². The number of ether oxygens (including phenoxy) is 1. The van der Waals surface area contributed by atoms with Crippen LogP contribution in [0.5, 0.6) is 5.88 Å². The Morgan fingerprint density at radius 3 is 2.00 bits per heavy atom. The van der Waals surface area contributed by atoms with Gasteiger partial charge >= 0.3 is 6.18 Å². The predicted molar refractivity (Wildman–Crippen MR) is 136 cm³/mol. The number of nitrogens with zero attached hydrogens (tertiary/aromatic N) is 5. The number of fused-ring (bicyclic) bond motifs is 1. The summed E-state index contributed by atoms with van der Waals surface area (Å²) in [5, 5.41) is 13.1. The van der Waals surface area contributed by atoms with Crippen LogP contribution >= 0.6 is 11.6 Å². The molecule has 2 aromatic carbocycles. The van der Waals surface area contributed by atoms with E-state index in [9.17, 15) is 18.3 Å². The summed E-state index contributed by atoms with van der Waals surface area (Å²) in [5.74, 6) is 0.267. The Hall–Kier alpha value is -3.89. The van der Waals surface area contributed by atoms with Gasteiger partial charge in [0.2, 0.25) is 5.88 Å². The summed E-state index contributed by atoms with van der Waals surface area (Å²) in [4.78, 5) is 13.0. The number of halogens is 4. The molecule has 3 aromatic heterocycles. The number of methoxy groups -OCH3 is 1. The summed E-state index contributed by atoms with van der Waals surface area (Å²) in [6, 6.07) is 10.1. The molecule has 0 aliphatic carbocycles. The van der Waals surface area contributed by atoms with Crippen molar-refractivity contribution in [3.63, 3.8) is 0 Å². The van der Waals surface area contributed by atoms with E-state index in [1.165, 1.54) is 19.2 Å². The maximum atomic E-state index is 13.0. The second kappa shape index (κ2) is 9.45. The fourth-order valence-electron chi connectivity index (χ4n) is 4.64. The Bertz CT molecular complexity index is 1590. The highest BCUT2D eigenvalue weighted by molar-refractivity contribution is 6.36. The molecular weight excluding hydrogens is 519 g/mol. The topological polar surface area (TPSA) is 78.0 Å². The average Bonchev–Trinajstić information content (AvgIpc) is 3.53. The van der Waals surface area contributed by atoms with Crippen molar-refractivity contribution in [3.8, 4) is 5.88 Å². The summed E-state index contributed by atoms with van der Waals surface area (Å²) >= 11 is 6.90. The van der Waals surface area contributed by atoms with E-state index in [0.717, 1.165) is 12.1 Å². The Labute approximate surface area is 221 Å². The number of hydrogen-bond acceptors (Lipinski definition) is 5. The lowest BCUT2D eigenvalue weighted by molar-refractivity contribution is -0.137. The van der Waals surface area contributed by atoms with Gasteiger partial charge in [-0.25, -0.2) is 15.0 Å². The fourth-order valence-corrected chi connectivity index (χ4v) is 4.94. The molecule has 7 nitrogen and oxygen atoms in total. The molecule has 0 aliphatic rings. The predicted octanol–water partition coefficient (Wildman–Crippen LogP) is 5.26. The van der Waals surface area contributed by atoms with Gasteiger partial charge in [0.15, 0.2) is 5.60 Å². The van der Waals surface area contributed by atoms with Crippen molar-refractivity contribution in [1.82, 2.24) is 24.1 Å². The van der Waals surface area contributed by atoms with E-state index in [4.69, 9.17) is 16.3 Å². The van der Waals surface area contributed by atoms with Crippen molar-refractivity contribution < 1.29 is 23.0 Å². The zero-order valence-corrected chi connectivity index (χ0v) is 21.4. The van der Waals surface area contributed by atoms with Crippen molar-refractivity contribution in [1.29, 1.82) is 0 Å². The molecular formula is C27H23ClF3N5O2. The van der Waals surface area contributed by atoms with Crippen molar-refractivity contribution in [2.24, 2.45) is 14.1 Å². The van der Waals surface area contributed by atoms with Crippen molar-refractivity contribution in [2.45, 2.75) is 18.2 Å². The first-order valence-corrected chi connectivity index (χ1v) is 11.9. The number of rotatable bonds is 6. The van der Waals surface area contributed by atoms with Gasteiger partial charge in [0.25, 0.3) is 0 Å². The molecule has 0 saturated carbocycles. The first-order chi connectivity index (χ1) is 18.0. The zero-order valence-electron chi connectivity index (χ0n) is 20.7. The normalized spacial score (nSPS) is 12.3. The quantitative estimate of drug-likeness (QED) is 0.317. The molecule has 0 atom stereocenters. The molecule has 5 rings (SSSR count). The molecule has 5 aromatic rings. The lowest BCUT2D eigenvalue weighted by atomic mass is 9.86. The fraction of sp³-hybridized carbons (Fsp3) is 0.222. The average molecular weight is 542 g/mol. The lowest BCUT2D eigenvalue weighted by Gasteiger charge is -2.29. The number of imidazole rings is 2. The Kier molecular flexibility index (Phi) is 6.40. The van der Waals surface area contributed by atoms with E-state index in [0.29, 0.717) is 44.0 Å². The SMILES string of the molecule is COc1nc2ccc(C(O)(c3cncn3C)c3cncn3C)cc2c(Cl)c1Cc1ccc(C(F)(F)F)cc1. The van der Waals surface area contributed by atoms with E-state index in [2.05, 4.69) is 15.0 Å². The van der Waals surface area contributed by atoms with Gasteiger partial charge in [0.1, 0.15) is 0 Å². The number of aromatic nitrogens is 5. The van der Waals surface area contributed by atoms with E-state index in [1.807, 2.05) is 0 Å². The molecule has 0 spiro atoms. The van der Waals surface area contributed by atoms with Gasteiger partial charge in [0.05, 0.1) is 59.6 Å². The summed E-state index contributed by atoms with van der Waals surface area (Å²) < 4.78 is 48.0. The van der Waals surface area contributed by atoms with Gasteiger partial charge in [-0.15, -0.1) is 0 Å². The van der Waals surface area contributed by atoms with E-state index in [1.54, 1.807) is 66.5 Å². The van der Waals surface area contributed by atoms with Crippen LogP contribution < -0.4 is 4.74 Å². The highest BCUT2D eigenvalue weighted by Crippen LogP contribution is 2.40. The first kappa shape index (κ1) is 25.7. The van der Waals surface area contributed by atoms with Gasteiger partial charge in [-0.2, -0.15) is 13.2 Å². The van der Waals surface area contributed by atoms with Crippen LogP contribution in [0, 0.1) is 0 Å². The highest BCUT2D eigenvalue weighted by Gasteiger charge is 2.39. The number of benzene rings is 2. The van der Waals surface area contributed by atoms with Gasteiger partial charge < -0.3 is 19.0 Å². The molecule has 0 fully saturated rings. The monoisotopic (exact) mass is 541 g/mol. The van der Waals surface area contributed by atoms with Crippen molar-refractivity contribution >= 4 is 22.5 Å². The van der Waals surface area contributed by atoms with Gasteiger partial charge in [-0.3, -0.25) is 0 Å². The lowest BCUT2D eigenvalue weighted by Crippen LogP contribution is -2.33. The molecule has 196 valence electrons. The van der Waals surface area contributed by atoms with Gasteiger partial charge in [0, 0.05) is 31.5 Å². The molecule has 0 unspecified atom stereocenters. The number of hydrogen-bond donors (Lipinski definition) is 1. The smallest absolute Gasteiger partial charge is 0.416 e. The third-order valence-corrected chi connectivity index (χ3v) is 7.06. The minimum Gasteiger partial charge on any atom is -0.481 e. The molecule has 1 N–H and O–H groups in total. The third-order valence-electron chi connectivity index (χ3n) is 6.63. The van der Waals surface area contributed by atoms with Crippen LogP contribution in [0.4, 0.5) is 13.2 Å². The largest absolute Gasteiger partial charge is 0.481 e. The van der Waals surface area contributed by atoms with Crippen LogP contribution in [0.15, 0.2) is 67.5 Å². The summed E-state index contributed by atoms with van der Waals surface area (Å²) in [7, 11) is 5.03. The van der Waals surface area contributed by atoms with Crippen LogP contribution in [-0.2, 0) is 32.3 Å². The highest BCUT2D eigenvalue weighted by atomic mass is 35.5. The number of alkyl halides is 3. The molecule has 0 radical (unpaired) electrons.